The highest BCUT2D eigenvalue weighted by atomic mass is 16.4. The second-order valence-electron chi connectivity index (χ2n) is 3.24. The van der Waals surface area contributed by atoms with Gasteiger partial charge in [-0.2, -0.15) is 0 Å². The van der Waals surface area contributed by atoms with Gasteiger partial charge in [-0.15, -0.1) is 0 Å². The summed E-state index contributed by atoms with van der Waals surface area (Å²) in [7, 11) is 0. The van der Waals surface area contributed by atoms with Crippen molar-refractivity contribution in [3.63, 3.8) is 0 Å². The van der Waals surface area contributed by atoms with Crippen molar-refractivity contribution in [3.05, 3.63) is 60.7 Å². The molecule has 0 saturated heterocycles. The SMILES string of the molecule is C=CC(=O)O.C=CC(=O)O.Cc1ccc(C)cc1. The number of carboxylic acids is 2. The standard InChI is InChI=1S/C8H10.2C3H4O2/c1-7-3-5-8(2)6-4-7;2*1-2-3(4)5/h3-6H,1-2H3;2*2H,1H2,(H,4,5). The molecule has 0 heterocycles. The molecule has 18 heavy (non-hydrogen) atoms. The predicted octanol–water partition coefficient (Wildman–Crippen LogP) is 2.82. The van der Waals surface area contributed by atoms with Crippen molar-refractivity contribution < 1.29 is 19.8 Å². The lowest BCUT2D eigenvalue weighted by Crippen LogP contribution is -1.82. The molecule has 0 aromatic heterocycles. The van der Waals surface area contributed by atoms with Crippen molar-refractivity contribution >= 4 is 11.9 Å². The van der Waals surface area contributed by atoms with Crippen LogP contribution in [0.15, 0.2) is 49.6 Å². The summed E-state index contributed by atoms with van der Waals surface area (Å²) in [4.78, 5) is 18.5. The summed E-state index contributed by atoms with van der Waals surface area (Å²) in [5, 5.41) is 15.2. The van der Waals surface area contributed by atoms with Crippen LogP contribution in [0.3, 0.4) is 0 Å². The molecule has 2 N–H and O–H groups in total. The van der Waals surface area contributed by atoms with Gasteiger partial charge in [0.05, 0.1) is 0 Å². The fourth-order valence-electron chi connectivity index (χ4n) is 0.637. The summed E-state index contributed by atoms with van der Waals surface area (Å²) >= 11 is 0. The predicted molar refractivity (Wildman–Crippen MR) is 71.6 cm³/mol. The average Bonchev–Trinajstić information content (AvgIpc) is 2.34. The number of hydrogen-bond acceptors (Lipinski definition) is 2. The summed E-state index contributed by atoms with van der Waals surface area (Å²) in [5.41, 5.74) is 2.66. The van der Waals surface area contributed by atoms with E-state index in [0.717, 1.165) is 12.2 Å². The van der Waals surface area contributed by atoms with Crippen LogP contribution < -0.4 is 0 Å². The third-order valence-electron chi connectivity index (χ3n) is 1.57. The molecule has 1 aromatic carbocycles. The van der Waals surface area contributed by atoms with Crippen molar-refractivity contribution in [3.8, 4) is 0 Å². The highest BCUT2D eigenvalue weighted by Crippen LogP contribution is 1.99. The summed E-state index contributed by atoms with van der Waals surface area (Å²) in [5.74, 6) is -1.96. The summed E-state index contributed by atoms with van der Waals surface area (Å²) in [6.07, 6.45) is 1.67. The van der Waals surface area contributed by atoms with Gasteiger partial charge in [0, 0.05) is 12.2 Å². The van der Waals surface area contributed by atoms with E-state index in [1.165, 1.54) is 11.1 Å². The fraction of sp³-hybridized carbons (Fsp3) is 0.143. The minimum atomic E-state index is -0.981. The van der Waals surface area contributed by atoms with E-state index in [0.29, 0.717) is 0 Å². The minimum absolute atomic E-state index is 0.833. The van der Waals surface area contributed by atoms with Gasteiger partial charge in [0.25, 0.3) is 0 Å². The van der Waals surface area contributed by atoms with Gasteiger partial charge in [-0.05, 0) is 13.8 Å². The van der Waals surface area contributed by atoms with E-state index in [1.807, 2.05) is 0 Å². The third kappa shape index (κ3) is 16.1. The van der Waals surface area contributed by atoms with E-state index in [9.17, 15) is 9.59 Å². The monoisotopic (exact) mass is 250 g/mol. The van der Waals surface area contributed by atoms with Crippen LogP contribution >= 0.6 is 0 Å². The molecule has 0 saturated carbocycles. The minimum Gasteiger partial charge on any atom is -0.478 e. The average molecular weight is 250 g/mol. The molecule has 0 fully saturated rings. The van der Waals surface area contributed by atoms with Crippen LogP contribution in [0.1, 0.15) is 11.1 Å². The molecule has 98 valence electrons. The quantitative estimate of drug-likeness (QED) is 0.791. The summed E-state index contributed by atoms with van der Waals surface area (Å²) in [6.45, 7) is 10.1. The molecule has 0 unspecified atom stereocenters. The van der Waals surface area contributed by atoms with E-state index in [4.69, 9.17) is 10.2 Å². The van der Waals surface area contributed by atoms with E-state index in [2.05, 4.69) is 51.3 Å². The fourth-order valence-corrected chi connectivity index (χ4v) is 0.637. The first-order chi connectivity index (χ1) is 8.33. The molecule has 0 bridgehead atoms. The lowest BCUT2D eigenvalue weighted by Gasteiger charge is -1.90. The van der Waals surface area contributed by atoms with Crippen LogP contribution in [0.2, 0.25) is 0 Å². The Labute approximate surface area is 107 Å². The number of carboxylic acid groups (broad SMARTS) is 2. The first kappa shape index (κ1) is 18.0. The zero-order valence-electron chi connectivity index (χ0n) is 10.6. The maximum absolute atomic E-state index is 9.25. The number of aryl methyl sites for hydroxylation is 2. The second-order valence-corrected chi connectivity index (χ2v) is 3.24. The Kier molecular flexibility index (Phi) is 11.1. The smallest absolute Gasteiger partial charge is 0.327 e. The Bertz CT molecular complexity index is 352. The van der Waals surface area contributed by atoms with Crippen molar-refractivity contribution in [2.24, 2.45) is 0 Å². The number of benzene rings is 1. The van der Waals surface area contributed by atoms with Gasteiger partial charge in [0.1, 0.15) is 0 Å². The molecule has 0 aliphatic rings. The first-order valence-electron chi connectivity index (χ1n) is 5.07. The van der Waals surface area contributed by atoms with Crippen LogP contribution in [0.4, 0.5) is 0 Å². The molecule has 4 nitrogen and oxygen atoms in total. The normalized spacial score (nSPS) is 7.67. The Morgan fingerprint density at radius 2 is 1.06 bits per heavy atom. The number of rotatable bonds is 2. The maximum Gasteiger partial charge on any atom is 0.327 e. The molecule has 0 aliphatic carbocycles. The molecule has 0 radical (unpaired) electrons. The Morgan fingerprint density at radius 1 is 0.889 bits per heavy atom. The number of hydrogen-bond donors (Lipinski definition) is 2. The van der Waals surface area contributed by atoms with Crippen molar-refractivity contribution in [2.45, 2.75) is 13.8 Å². The summed E-state index contributed by atoms with van der Waals surface area (Å²) in [6, 6.07) is 8.48. The topological polar surface area (TPSA) is 74.6 Å². The molecule has 1 aromatic rings. The van der Waals surface area contributed by atoms with Gasteiger partial charge in [0.2, 0.25) is 0 Å². The largest absolute Gasteiger partial charge is 0.478 e. The van der Waals surface area contributed by atoms with Gasteiger partial charge in [0.15, 0.2) is 0 Å². The molecule has 4 heteroatoms. The lowest BCUT2D eigenvalue weighted by molar-refractivity contribution is -0.132. The first-order valence-corrected chi connectivity index (χ1v) is 5.07. The van der Waals surface area contributed by atoms with E-state index in [1.54, 1.807) is 0 Å². The van der Waals surface area contributed by atoms with Crippen LogP contribution in [0.5, 0.6) is 0 Å². The third-order valence-corrected chi connectivity index (χ3v) is 1.57. The highest BCUT2D eigenvalue weighted by Gasteiger charge is 1.79. The van der Waals surface area contributed by atoms with Gasteiger partial charge >= 0.3 is 11.9 Å². The lowest BCUT2D eigenvalue weighted by atomic mass is 10.2. The van der Waals surface area contributed by atoms with Crippen LogP contribution in [0.25, 0.3) is 0 Å². The zero-order valence-corrected chi connectivity index (χ0v) is 10.6. The van der Waals surface area contributed by atoms with Crippen molar-refractivity contribution in [1.82, 2.24) is 0 Å². The molecular formula is C14H18O4. The van der Waals surface area contributed by atoms with E-state index in [-0.39, 0.29) is 0 Å². The van der Waals surface area contributed by atoms with Crippen molar-refractivity contribution in [1.29, 1.82) is 0 Å². The maximum atomic E-state index is 9.25. The van der Waals surface area contributed by atoms with Gasteiger partial charge in [-0.3, -0.25) is 0 Å². The Morgan fingerprint density at radius 3 is 1.17 bits per heavy atom. The van der Waals surface area contributed by atoms with Crippen LogP contribution in [-0.4, -0.2) is 22.2 Å². The summed E-state index contributed by atoms with van der Waals surface area (Å²) < 4.78 is 0. The Balaban J connectivity index is 0. The van der Waals surface area contributed by atoms with Crippen LogP contribution in [0, 0.1) is 13.8 Å². The number of carbonyl (C=O) groups is 2. The molecule has 1 rings (SSSR count). The molecule has 0 spiro atoms. The zero-order chi connectivity index (χ0) is 14.6. The van der Waals surface area contributed by atoms with Crippen molar-refractivity contribution in [2.75, 3.05) is 0 Å². The van der Waals surface area contributed by atoms with Gasteiger partial charge in [-0.1, -0.05) is 48.6 Å². The molecule has 0 atom stereocenters. The van der Waals surface area contributed by atoms with Crippen LogP contribution in [-0.2, 0) is 9.59 Å². The number of aliphatic carboxylic acids is 2. The molecule has 0 amide bonds. The highest BCUT2D eigenvalue weighted by molar-refractivity contribution is 5.79. The Hall–Kier alpha value is -2.36. The van der Waals surface area contributed by atoms with Gasteiger partial charge in [-0.25, -0.2) is 9.59 Å². The van der Waals surface area contributed by atoms with E-state index >= 15 is 0 Å². The van der Waals surface area contributed by atoms with Gasteiger partial charge < -0.3 is 10.2 Å². The molecule has 0 aliphatic heterocycles. The molecular weight excluding hydrogens is 232 g/mol. The second kappa shape index (κ2) is 11.1. The van der Waals surface area contributed by atoms with E-state index < -0.39 is 11.9 Å².